The molecule has 0 aromatic carbocycles. The molecule has 1 atom stereocenters. The van der Waals surface area contributed by atoms with Crippen LogP contribution < -0.4 is 5.32 Å². The number of halogens is 2. The van der Waals surface area contributed by atoms with Crippen LogP contribution in [0.15, 0.2) is 12.3 Å². The first-order chi connectivity index (χ1) is 9.38. The van der Waals surface area contributed by atoms with Crippen LogP contribution in [0.3, 0.4) is 0 Å². The Balaban J connectivity index is 2.19. The van der Waals surface area contributed by atoms with Gasteiger partial charge in [-0.05, 0) is 26.8 Å². The first kappa shape index (κ1) is 15.2. The van der Waals surface area contributed by atoms with E-state index in [2.05, 4.69) is 15.3 Å². The summed E-state index contributed by atoms with van der Waals surface area (Å²) in [5, 5.41) is 4.38. The SMILES string of the molecule is Cc1nc(C)c(C(C)NC(=O)c2cc(Cl)ncc2Cl)s1. The Hall–Kier alpha value is -1.17. The van der Waals surface area contributed by atoms with Crippen molar-refractivity contribution in [1.82, 2.24) is 15.3 Å². The molecule has 0 radical (unpaired) electrons. The van der Waals surface area contributed by atoms with Crippen molar-refractivity contribution in [2.45, 2.75) is 26.8 Å². The summed E-state index contributed by atoms with van der Waals surface area (Å²) in [7, 11) is 0. The molecule has 2 aromatic heterocycles. The fraction of sp³-hybridized carbons (Fsp3) is 0.308. The highest BCUT2D eigenvalue weighted by atomic mass is 35.5. The average Bonchev–Trinajstić information content (AvgIpc) is 2.71. The molecule has 7 heteroatoms. The van der Waals surface area contributed by atoms with Crippen LogP contribution in [-0.2, 0) is 0 Å². The van der Waals surface area contributed by atoms with Gasteiger partial charge in [-0.1, -0.05) is 23.2 Å². The van der Waals surface area contributed by atoms with E-state index in [9.17, 15) is 4.79 Å². The number of aromatic nitrogens is 2. The smallest absolute Gasteiger partial charge is 0.253 e. The maximum atomic E-state index is 12.2. The number of nitrogens with zero attached hydrogens (tertiary/aromatic N) is 2. The Labute approximate surface area is 131 Å². The molecular weight excluding hydrogens is 317 g/mol. The number of hydrogen-bond donors (Lipinski definition) is 1. The van der Waals surface area contributed by atoms with Crippen molar-refractivity contribution in [2.75, 3.05) is 0 Å². The minimum atomic E-state index is -0.280. The van der Waals surface area contributed by atoms with E-state index in [1.165, 1.54) is 12.3 Å². The molecule has 0 aliphatic heterocycles. The van der Waals surface area contributed by atoms with Gasteiger partial charge in [0, 0.05) is 11.1 Å². The zero-order valence-electron chi connectivity index (χ0n) is 11.2. The fourth-order valence-corrected chi connectivity index (χ4v) is 3.15. The van der Waals surface area contributed by atoms with Crippen molar-refractivity contribution in [1.29, 1.82) is 0 Å². The number of hydrogen-bond acceptors (Lipinski definition) is 4. The van der Waals surface area contributed by atoms with E-state index in [4.69, 9.17) is 23.2 Å². The molecule has 2 heterocycles. The van der Waals surface area contributed by atoms with Gasteiger partial charge in [0.05, 0.1) is 27.3 Å². The van der Waals surface area contributed by atoms with Crippen molar-refractivity contribution in [3.8, 4) is 0 Å². The zero-order valence-corrected chi connectivity index (χ0v) is 13.5. The molecule has 0 saturated heterocycles. The Morgan fingerprint density at radius 2 is 2.10 bits per heavy atom. The van der Waals surface area contributed by atoms with Crippen LogP contribution in [0.4, 0.5) is 0 Å². The summed E-state index contributed by atoms with van der Waals surface area (Å²) >= 11 is 13.3. The lowest BCUT2D eigenvalue weighted by atomic mass is 10.2. The number of pyridine rings is 1. The molecule has 1 unspecified atom stereocenters. The Kier molecular flexibility index (Phi) is 4.62. The largest absolute Gasteiger partial charge is 0.345 e. The molecule has 1 amide bonds. The van der Waals surface area contributed by atoms with Crippen LogP contribution in [0.5, 0.6) is 0 Å². The van der Waals surface area contributed by atoms with Gasteiger partial charge in [0.15, 0.2) is 0 Å². The van der Waals surface area contributed by atoms with Gasteiger partial charge in [-0.15, -0.1) is 11.3 Å². The maximum Gasteiger partial charge on any atom is 0.253 e. The number of amides is 1. The molecule has 2 rings (SSSR count). The van der Waals surface area contributed by atoms with Gasteiger partial charge in [-0.25, -0.2) is 9.97 Å². The molecule has 0 fully saturated rings. The molecular formula is C13H13Cl2N3OS. The van der Waals surface area contributed by atoms with E-state index in [1.807, 2.05) is 20.8 Å². The van der Waals surface area contributed by atoms with Crippen molar-refractivity contribution in [3.05, 3.63) is 43.6 Å². The monoisotopic (exact) mass is 329 g/mol. The lowest BCUT2D eigenvalue weighted by Gasteiger charge is -2.13. The summed E-state index contributed by atoms with van der Waals surface area (Å²) in [5.41, 5.74) is 1.25. The molecule has 20 heavy (non-hydrogen) atoms. The molecule has 0 aliphatic rings. The predicted molar refractivity (Wildman–Crippen MR) is 81.7 cm³/mol. The molecule has 106 valence electrons. The van der Waals surface area contributed by atoms with Crippen molar-refractivity contribution in [3.63, 3.8) is 0 Å². The van der Waals surface area contributed by atoms with E-state index in [0.717, 1.165) is 15.6 Å². The number of rotatable bonds is 3. The number of carbonyl (C=O) groups excluding carboxylic acids is 1. The van der Waals surface area contributed by atoms with E-state index in [-0.39, 0.29) is 22.1 Å². The van der Waals surface area contributed by atoms with Gasteiger partial charge in [0.25, 0.3) is 5.91 Å². The first-order valence-electron chi connectivity index (χ1n) is 5.94. The molecule has 0 saturated carbocycles. The van der Waals surface area contributed by atoms with Crippen molar-refractivity contribution in [2.24, 2.45) is 0 Å². The number of aryl methyl sites for hydroxylation is 2. The topological polar surface area (TPSA) is 54.9 Å². The van der Waals surface area contributed by atoms with Gasteiger partial charge in [-0.3, -0.25) is 4.79 Å². The zero-order chi connectivity index (χ0) is 14.9. The summed E-state index contributed by atoms with van der Waals surface area (Å²) in [6, 6.07) is 1.31. The minimum Gasteiger partial charge on any atom is -0.345 e. The fourth-order valence-electron chi connectivity index (χ4n) is 1.88. The van der Waals surface area contributed by atoms with Gasteiger partial charge >= 0.3 is 0 Å². The average molecular weight is 330 g/mol. The quantitative estimate of drug-likeness (QED) is 0.867. The van der Waals surface area contributed by atoms with Crippen LogP contribution in [-0.4, -0.2) is 15.9 Å². The highest BCUT2D eigenvalue weighted by Gasteiger charge is 2.18. The van der Waals surface area contributed by atoms with E-state index < -0.39 is 0 Å². The lowest BCUT2D eigenvalue weighted by Crippen LogP contribution is -2.26. The number of nitrogens with one attached hydrogen (secondary N) is 1. The third-order valence-corrected chi connectivity index (χ3v) is 4.51. The Bertz CT molecular complexity index is 657. The van der Waals surface area contributed by atoms with Crippen LogP contribution in [0, 0.1) is 13.8 Å². The summed E-state index contributed by atoms with van der Waals surface area (Å²) in [6.45, 7) is 5.78. The summed E-state index contributed by atoms with van der Waals surface area (Å²) in [5.74, 6) is -0.280. The highest BCUT2D eigenvalue weighted by Crippen LogP contribution is 2.25. The number of carbonyl (C=O) groups is 1. The second-order valence-electron chi connectivity index (χ2n) is 4.36. The van der Waals surface area contributed by atoms with Crippen LogP contribution in [0.2, 0.25) is 10.2 Å². The molecule has 0 bridgehead atoms. The van der Waals surface area contributed by atoms with Gasteiger partial charge in [-0.2, -0.15) is 0 Å². The third kappa shape index (κ3) is 3.29. The standard InChI is InChI=1S/C13H13Cl2N3OS/c1-6-12(20-8(3)17-6)7(2)18-13(19)9-4-11(15)16-5-10(9)14/h4-5,7H,1-3H3,(H,18,19). The second-order valence-corrected chi connectivity index (χ2v) is 6.39. The predicted octanol–water partition coefficient (Wildman–Crippen LogP) is 3.95. The van der Waals surface area contributed by atoms with E-state index in [0.29, 0.717) is 5.56 Å². The van der Waals surface area contributed by atoms with Crippen LogP contribution in [0.25, 0.3) is 0 Å². The maximum absolute atomic E-state index is 12.2. The highest BCUT2D eigenvalue weighted by molar-refractivity contribution is 7.11. The van der Waals surface area contributed by atoms with E-state index in [1.54, 1.807) is 11.3 Å². The molecule has 2 aromatic rings. The van der Waals surface area contributed by atoms with Gasteiger partial charge < -0.3 is 5.32 Å². The van der Waals surface area contributed by atoms with E-state index >= 15 is 0 Å². The second kappa shape index (κ2) is 6.08. The van der Waals surface area contributed by atoms with Crippen molar-refractivity contribution >= 4 is 40.4 Å². The van der Waals surface area contributed by atoms with Gasteiger partial charge in [0.2, 0.25) is 0 Å². The normalized spacial score (nSPS) is 12.2. The molecule has 4 nitrogen and oxygen atoms in total. The Morgan fingerprint density at radius 1 is 1.40 bits per heavy atom. The third-order valence-electron chi connectivity index (χ3n) is 2.75. The minimum absolute atomic E-state index is 0.142. The Morgan fingerprint density at radius 3 is 2.70 bits per heavy atom. The molecule has 1 N–H and O–H groups in total. The first-order valence-corrected chi connectivity index (χ1v) is 7.51. The number of thiazole rings is 1. The molecule has 0 spiro atoms. The lowest BCUT2D eigenvalue weighted by molar-refractivity contribution is 0.0940. The molecule has 0 aliphatic carbocycles. The summed E-state index contributed by atoms with van der Waals surface area (Å²) in [6.07, 6.45) is 1.37. The van der Waals surface area contributed by atoms with Crippen LogP contribution >= 0.6 is 34.5 Å². The van der Waals surface area contributed by atoms with Crippen LogP contribution in [0.1, 0.15) is 38.9 Å². The van der Waals surface area contributed by atoms with Gasteiger partial charge in [0.1, 0.15) is 5.15 Å². The summed E-state index contributed by atoms with van der Waals surface area (Å²) in [4.78, 5) is 21.4. The van der Waals surface area contributed by atoms with Crippen molar-refractivity contribution < 1.29 is 4.79 Å². The summed E-state index contributed by atoms with van der Waals surface area (Å²) < 4.78 is 0.